The summed E-state index contributed by atoms with van der Waals surface area (Å²) in [6.45, 7) is 0.457. The summed E-state index contributed by atoms with van der Waals surface area (Å²) in [7, 11) is 0. The van der Waals surface area contributed by atoms with Gasteiger partial charge in [-0.25, -0.2) is 23.5 Å². The lowest BCUT2D eigenvalue weighted by Gasteiger charge is -2.27. The van der Waals surface area contributed by atoms with Crippen LogP contribution in [0.4, 0.5) is 8.78 Å². The van der Waals surface area contributed by atoms with E-state index in [0.29, 0.717) is 22.1 Å². The molecule has 0 aliphatic carbocycles. The molecule has 0 spiro atoms. The van der Waals surface area contributed by atoms with Gasteiger partial charge in [0.15, 0.2) is 17.2 Å². The molecule has 0 fully saturated rings. The lowest BCUT2D eigenvalue weighted by atomic mass is 9.99. The third-order valence-electron chi connectivity index (χ3n) is 6.32. The van der Waals surface area contributed by atoms with Gasteiger partial charge in [0.1, 0.15) is 17.7 Å². The fourth-order valence-electron chi connectivity index (χ4n) is 4.71. The Bertz CT molecular complexity index is 1760. The average Bonchev–Trinajstić information content (AvgIpc) is 3.44. The highest BCUT2D eigenvalue weighted by molar-refractivity contribution is 5.79. The van der Waals surface area contributed by atoms with Gasteiger partial charge in [0.2, 0.25) is 5.95 Å². The zero-order valence-corrected chi connectivity index (χ0v) is 18.7. The standard InChI is InChI=1S/C24H18F2N8O2/c25-14-2-3-15(26)21-20(14)17(5-8-36-21)34-22-19(32(7-6-27)24(34)35)11-29-23(31-22)33-12-30-16-4-1-13(10-28)9-18(16)33/h1-4,9,11-12,17H,5-8,27H2/t17-/m1/s1. The topological polar surface area (TPSA) is 130 Å². The van der Waals surface area contributed by atoms with Gasteiger partial charge in [-0.05, 0) is 30.3 Å². The highest BCUT2D eigenvalue weighted by Crippen LogP contribution is 2.39. The van der Waals surface area contributed by atoms with Gasteiger partial charge in [0, 0.05) is 19.5 Å². The second-order valence-electron chi connectivity index (χ2n) is 8.33. The highest BCUT2D eigenvalue weighted by atomic mass is 19.1. The van der Waals surface area contributed by atoms with Crippen LogP contribution in [-0.2, 0) is 6.54 Å². The molecule has 1 aliphatic heterocycles. The quantitative estimate of drug-likeness (QED) is 0.411. The SMILES string of the molecule is N#Cc1ccc2ncn(-c3ncc4c(n3)n([C@@H]3CCOc5c(F)ccc(F)c53)c(=O)n4CCN)c2c1. The van der Waals surface area contributed by atoms with Gasteiger partial charge in [-0.1, -0.05) is 0 Å². The Morgan fingerprint density at radius 1 is 1.17 bits per heavy atom. The monoisotopic (exact) mass is 488 g/mol. The van der Waals surface area contributed by atoms with Crippen LogP contribution >= 0.6 is 0 Å². The molecule has 6 rings (SSSR count). The first-order chi connectivity index (χ1) is 17.5. The Hall–Kier alpha value is -4.63. The number of rotatable bonds is 4. The van der Waals surface area contributed by atoms with Crippen molar-refractivity contribution >= 4 is 22.2 Å². The van der Waals surface area contributed by atoms with E-state index in [1.54, 1.807) is 22.8 Å². The molecule has 36 heavy (non-hydrogen) atoms. The van der Waals surface area contributed by atoms with E-state index in [1.807, 2.05) is 0 Å². The minimum atomic E-state index is -0.856. The van der Waals surface area contributed by atoms with E-state index in [0.717, 1.165) is 12.1 Å². The van der Waals surface area contributed by atoms with E-state index in [4.69, 9.17) is 10.5 Å². The molecule has 5 aromatic rings. The van der Waals surface area contributed by atoms with E-state index >= 15 is 0 Å². The van der Waals surface area contributed by atoms with Crippen LogP contribution in [0.3, 0.4) is 0 Å². The second kappa shape index (κ2) is 8.24. The zero-order valence-electron chi connectivity index (χ0n) is 18.7. The van der Waals surface area contributed by atoms with Crippen LogP contribution in [0.1, 0.15) is 23.6 Å². The molecule has 0 amide bonds. The van der Waals surface area contributed by atoms with Crippen LogP contribution in [0.25, 0.3) is 28.1 Å². The van der Waals surface area contributed by atoms with E-state index in [2.05, 4.69) is 21.0 Å². The molecule has 2 N–H and O–H groups in total. The Morgan fingerprint density at radius 3 is 2.81 bits per heavy atom. The maximum Gasteiger partial charge on any atom is 0.331 e. The summed E-state index contributed by atoms with van der Waals surface area (Å²) in [4.78, 5) is 27.0. The summed E-state index contributed by atoms with van der Waals surface area (Å²) in [5, 5.41) is 9.29. The third kappa shape index (κ3) is 3.17. The molecule has 180 valence electrons. The van der Waals surface area contributed by atoms with Gasteiger partial charge in [0.25, 0.3) is 0 Å². The van der Waals surface area contributed by atoms with Crippen LogP contribution in [0.5, 0.6) is 5.75 Å². The number of hydrogen-bond acceptors (Lipinski definition) is 7. The summed E-state index contributed by atoms with van der Waals surface area (Å²) in [5.41, 5.74) is 7.55. The van der Waals surface area contributed by atoms with Crippen molar-refractivity contribution in [2.24, 2.45) is 5.73 Å². The van der Waals surface area contributed by atoms with Crippen molar-refractivity contribution in [1.82, 2.24) is 28.7 Å². The number of halogens is 2. The van der Waals surface area contributed by atoms with Crippen molar-refractivity contribution in [3.8, 4) is 17.8 Å². The fraction of sp³-hybridized carbons (Fsp3) is 0.208. The molecule has 0 saturated carbocycles. The van der Waals surface area contributed by atoms with Crippen molar-refractivity contribution < 1.29 is 13.5 Å². The number of nitrogens with two attached hydrogens (primary N) is 1. The summed E-state index contributed by atoms with van der Waals surface area (Å²) in [6.07, 6.45) is 3.24. The number of imidazole rings is 2. The first-order valence-corrected chi connectivity index (χ1v) is 11.2. The van der Waals surface area contributed by atoms with Crippen LogP contribution in [0, 0.1) is 23.0 Å². The Labute approximate surface area is 201 Å². The molecular formula is C24H18F2N8O2. The average molecular weight is 488 g/mol. The number of ether oxygens (including phenoxy) is 1. The van der Waals surface area contributed by atoms with Crippen molar-refractivity contribution in [2.45, 2.75) is 19.0 Å². The Kier molecular flexibility index (Phi) is 5.01. The molecule has 12 heteroatoms. The van der Waals surface area contributed by atoms with Crippen molar-refractivity contribution in [3.63, 3.8) is 0 Å². The smallest absolute Gasteiger partial charge is 0.331 e. The predicted molar refractivity (Wildman–Crippen MR) is 125 cm³/mol. The zero-order chi connectivity index (χ0) is 25.0. The first kappa shape index (κ1) is 21.9. The fourth-order valence-corrected chi connectivity index (χ4v) is 4.71. The molecule has 10 nitrogen and oxygen atoms in total. The molecular weight excluding hydrogens is 470 g/mol. The molecule has 2 aromatic carbocycles. The minimum Gasteiger partial charge on any atom is -0.490 e. The van der Waals surface area contributed by atoms with Crippen molar-refractivity contribution in [3.05, 3.63) is 76.1 Å². The van der Waals surface area contributed by atoms with Gasteiger partial charge in [-0.2, -0.15) is 10.2 Å². The number of nitrogens with zero attached hydrogens (tertiary/aromatic N) is 7. The molecule has 0 radical (unpaired) electrons. The summed E-state index contributed by atoms with van der Waals surface area (Å²) in [6, 6.07) is 8.29. The van der Waals surface area contributed by atoms with E-state index in [1.165, 1.54) is 21.7 Å². The molecule has 1 aliphatic rings. The van der Waals surface area contributed by atoms with Crippen LogP contribution in [0.15, 0.2) is 47.7 Å². The highest BCUT2D eigenvalue weighted by Gasteiger charge is 2.33. The van der Waals surface area contributed by atoms with Gasteiger partial charge >= 0.3 is 5.69 Å². The Balaban J connectivity index is 1.62. The van der Waals surface area contributed by atoms with Gasteiger partial charge in [-0.3, -0.25) is 13.7 Å². The normalized spacial score (nSPS) is 15.1. The lowest BCUT2D eigenvalue weighted by molar-refractivity contribution is 0.238. The number of nitriles is 1. The molecule has 0 bridgehead atoms. The third-order valence-corrected chi connectivity index (χ3v) is 6.32. The second-order valence-corrected chi connectivity index (χ2v) is 8.33. The van der Waals surface area contributed by atoms with E-state index < -0.39 is 23.4 Å². The summed E-state index contributed by atoms with van der Waals surface area (Å²) >= 11 is 0. The predicted octanol–water partition coefficient (Wildman–Crippen LogP) is 2.41. The van der Waals surface area contributed by atoms with Crippen LogP contribution in [0.2, 0.25) is 0 Å². The van der Waals surface area contributed by atoms with Crippen LogP contribution in [-0.4, -0.2) is 41.8 Å². The maximum absolute atomic E-state index is 15.0. The van der Waals surface area contributed by atoms with Gasteiger partial charge in [0.05, 0.1) is 47.1 Å². The largest absolute Gasteiger partial charge is 0.490 e. The number of hydrogen-bond donors (Lipinski definition) is 1. The minimum absolute atomic E-state index is 0.0398. The molecule has 0 saturated heterocycles. The number of fused-ring (bicyclic) bond motifs is 3. The van der Waals surface area contributed by atoms with Crippen LogP contribution < -0.4 is 16.2 Å². The van der Waals surface area contributed by atoms with E-state index in [9.17, 15) is 18.8 Å². The molecule has 1 atom stereocenters. The molecule has 0 unspecified atom stereocenters. The molecule has 3 aromatic heterocycles. The maximum atomic E-state index is 15.0. The Morgan fingerprint density at radius 2 is 2.00 bits per heavy atom. The van der Waals surface area contributed by atoms with Gasteiger partial charge in [-0.15, -0.1) is 0 Å². The number of benzene rings is 2. The lowest BCUT2D eigenvalue weighted by Crippen LogP contribution is -2.33. The molecule has 4 heterocycles. The van der Waals surface area contributed by atoms with E-state index in [-0.39, 0.29) is 49.0 Å². The van der Waals surface area contributed by atoms with Crippen molar-refractivity contribution in [1.29, 1.82) is 5.26 Å². The van der Waals surface area contributed by atoms with Gasteiger partial charge < -0.3 is 10.5 Å². The van der Waals surface area contributed by atoms with Crippen molar-refractivity contribution in [2.75, 3.05) is 13.2 Å². The number of aromatic nitrogens is 6. The first-order valence-electron chi connectivity index (χ1n) is 11.2. The summed E-state index contributed by atoms with van der Waals surface area (Å²) < 4.78 is 39.2. The summed E-state index contributed by atoms with van der Waals surface area (Å²) in [5.74, 6) is -1.40.